The topological polar surface area (TPSA) is 75.7 Å². The molecule has 0 N–H and O–H groups in total. The van der Waals surface area contributed by atoms with E-state index in [1.807, 2.05) is 0 Å². The number of unbranched alkanes of at least 4 members (excludes halogenated alkanes) is 9. The van der Waals surface area contributed by atoms with Gasteiger partial charge in [0.25, 0.3) is 0 Å². The molecule has 194 valence electrons. The van der Waals surface area contributed by atoms with E-state index in [1.54, 1.807) is 0 Å². The van der Waals surface area contributed by atoms with Gasteiger partial charge >= 0.3 is 0 Å². The Hall–Kier alpha value is -0.210. The van der Waals surface area contributed by atoms with Crippen molar-refractivity contribution in [1.82, 2.24) is 0 Å². The SMILES string of the molecule is CCCCCCC[N+](CCCCCCC)(CCCCS(=O)(=O)[O-])CCOCCOCCC. The van der Waals surface area contributed by atoms with Crippen molar-refractivity contribution in [3.63, 3.8) is 0 Å². The van der Waals surface area contributed by atoms with Crippen molar-refractivity contribution < 1.29 is 26.9 Å². The van der Waals surface area contributed by atoms with E-state index < -0.39 is 10.1 Å². The van der Waals surface area contributed by atoms with Gasteiger partial charge in [-0.1, -0.05) is 59.3 Å². The van der Waals surface area contributed by atoms with E-state index in [1.165, 1.54) is 64.2 Å². The van der Waals surface area contributed by atoms with Crippen molar-refractivity contribution in [3.8, 4) is 0 Å². The summed E-state index contributed by atoms with van der Waals surface area (Å²) in [5.41, 5.74) is 0. The minimum absolute atomic E-state index is 0.245. The molecule has 0 fully saturated rings. The highest BCUT2D eigenvalue weighted by molar-refractivity contribution is 7.85. The summed E-state index contributed by atoms with van der Waals surface area (Å²) in [6.07, 6.45) is 14.8. The van der Waals surface area contributed by atoms with E-state index in [9.17, 15) is 13.0 Å². The summed E-state index contributed by atoms with van der Waals surface area (Å²) >= 11 is 0. The molecule has 0 heterocycles. The third kappa shape index (κ3) is 20.4. The summed E-state index contributed by atoms with van der Waals surface area (Å²) in [5, 5.41) is 0. The van der Waals surface area contributed by atoms with Crippen LogP contribution in [0.3, 0.4) is 0 Å². The molecule has 0 aromatic heterocycles. The molecule has 6 nitrogen and oxygen atoms in total. The van der Waals surface area contributed by atoms with Crippen LogP contribution in [0.25, 0.3) is 0 Å². The van der Waals surface area contributed by atoms with Gasteiger partial charge in [-0.15, -0.1) is 0 Å². The van der Waals surface area contributed by atoms with Gasteiger partial charge in [0, 0.05) is 12.4 Å². The first kappa shape index (κ1) is 31.8. The predicted octanol–water partition coefficient (Wildman–Crippen LogP) is 5.51. The van der Waals surface area contributed by atoms with Gasteiger partial charge in [-0.25, -0.2) is 8.42 Å². The molecule has 0 aliphatic carbocycles. The maximum absolute atomic E-state index is 11.0. The van der Waals surface area contributed by atoms with Gasteiger partial charge < -0.3 is 18.5 Å². The van der Waals surface area contributed by atoms with Crippen LogP contribution in [-0.4, -0.2) is 75.8 Å². The minimum atomic E-state index is -4.12. The third-order valence-electron chi connectivity index (χ3n) is 6.18. The van der Waals surface area contributed by atoms with Crippen molar-refractivity contribution in [1.29, 1.82) is 0 Å². The number of rotatable bonds is 25. The van der Waals surface area contributed by atoms with Gasteiger partial charge in [-0.3, -0.25) is 0 Å². The maximum atomic E-state index is 11.0. The first-order valence-electron chi connectivity index (χ1n) is 13.3. The molecule has 0 aromatic carbocycles. The molecule has 7 heteroatoms. The lowest BCUT2D eigenvalue weighted by Gasteiger charge is -2.39. The lowest BCUT2D eigenvalue weighted by atomic mass is 10.1. The van der Waals surface area contributed by atoms with E-state index >= 15 is 0 Å². The van der Waals surface area contributed by atoms with E-state index in [-0.39, 0.29) is 5.75 Å². The van der Waals surface area contributed by atoms with Crippen LogP contribution in [0.2, 0.25) is 0 Å². The van der Waals surface area contributed by atoms with Gasteiger partial charge in [-0.05, 0) is 44.9 Å². The highest BCUT2D eigenvalue weighted by atomic mass is 32.2. The van der Waals surface area contributed by atoms with Crippen molar-refractivity contribution >= 4 is 10.1 Å². The van der Waals surface area contributed by atoms with Crippen molar-refractivity contribution in [3.05, 3.63) is 0 Å². The fraction of sp³-hybridized carbons (Fsp3) is 1.00. The van der Waals surface area contributed by atoms with Crippen LogP contribution in [0, 0.1) is 0 Å². The Morgan fingerprint density at radius 3 is 1.50 bits per heavy atom. The number of hydrogen-bond acceptors (Lipinski definition) is 5. The Labute approximate surface area is 199 Å². The molecular weight excluding hydrogens is 426 g/mol. The first-order valence-corrected chi connectivity index (χ1v) is 14.9. The molecule has 0 unspecified atom stereocenters. The number of ether oxygens (including phenoxy) is 2. The Morgan fingerprint density at radius 2 is 1.03 bits per heavy atom. The second kappa shape index (κ2) is 21.3. The lowest BCUT2D eigenvalue weighted by molar-refractivity contribution is -0.929. The largest absolute Gasteiger partial charge is 0.748 e. The molecule has 0 saturated heterocycles. The highest BCUT2D eigenvalue weighted by Gasteiger charge is 2.26. The van der Waals surface area contributed by atoms with Gasteiger partial charge in [0.2, 0.25) is 0 Å². The van der Waals surface area contributed by atoms with Gasteiger partial charge in [0.05, 0.1) is 49.6 Å². The lowest BCUT2D eigenvalue weighted by Crippen LogP contribution is -2.52. The molecule has 0 spiro atoms. The molecular formula is C25H53NO5S. The first-order chi connectivity index (χ1) is 15.4. The van der Waals surface area contributed by atoms with Gasteiger partial charge in [0.1, 0.15) is 6.54 Å². The number of hydrogen-bond donors (Lipinski definition) is 0. The summed E-state index contributed by atoms with van der Waals surface area (Å²) in [6, 6.07) is 0. The van der Waals surface area contributed by atoms with Crippen LogP contribution in [0.15, 0.2) is 0 Å². The third-order valence-corrected chi connectivity index (χ3v) is 6.97. The molecule has 32 heavy (non-hydrogen) atoms. The highest BCUT2D eigenvalue weighted by Crippen LogP contribution is 2.17. The van der Waals surface area contributed by atoms with E-state index in [4.69, 9.17) is 9.47 Å². The summed E-state index contributed by atoms with van der Waals surface area (Å²) < 4.78 is 45.5. The van der Waals surface area contributed by atoms with Crippen LogP contribution < -0.4 is 0 Å². The zero-order chi connectivity index (χ0) is 24.0. The number of quaternary nitrogens is 1. The van der Waals surface area contributed by atoms with Crippen molar-refractivity contribution in [2.45, 2.75) is 104 Å². The van der Waals surface area contributed by atoms with E-state index in [0.29, 0.717) is 26.2 Å². The molecule has 0 radical (unpaired) electrons. The normalized spacial score (nSPS) is 12.5. The number of nitrogens with zero attached hydrogens (tertiary/aromatic N) is 1. The van der Waals surface area contributed by atoms with Gasteiger partial charge in [0.15, 0.2) is 0 Å². The Bertz CT molecular complexity index is 485. The molecule has 0 aliphatic rings. The summed E-state index contributed by atoms with van der Waals surface area (Å²) in [5.74, 6) is -0.245. The van der Waals surface area contributed by atoms with Crippen LogP contribution in [-0.2, 0) is 19.6 Å². The van der Waals surface area contributed by atoms with Gasteiger partial charge in [-0.2, -0.15) is 0 Å². The van der Waals surface area contributed by atoms with Crippen LogP contribution in [0.1, 0.15) is 104 Å². The van der Waals surface area contributed by atoms with Crippen LogP contribution in [0.4, 0.5) is 0 Å². The van der Waals surface area contributed by atoms with E-state index in [2.05, 4.69) is 20.8 Å². The monoisotopic (exact) mass is 479 g/mol. The maximum Gasteiger partial charge on any atom is 0.102 e. The zero-order valence-corrected chi connectivity index (χ0v) is 22.3. The van der Waals surface area contributed by atoms with Crippen molar-refractivity contribution in [2.24, 2.45) is 0 Å². The Morgan fingerprint density at radius 1 is 0.562 bits per heavy atom. The molecule has 0 saturated carbocycles. The molecule has 0 bridgehead atoms. The van der Waals surface area contributed by atoms with E-state index in [0.717, 1.165) is 50.1 Å². The summed E-state index contributed by atoms with van der Waals surface area (Å²) in [4.78, 5) is 0. The molecule has 0 rings (SSSR count). The molecule has 0 atom stereocenters. The average molecular weight is 480 g/mol. The van der Waals surface area contributed by atoms with Crippen LogP contribution in [0.5, 0.6) is 0 Å². The minimum Gasteiger partial charge on any atom is -0.748 e. The summed E-state index contributed by atoms with van der Waals surface area (Å²) in [7, 11) is -4.12. The molecule has 0 aliphatic heterocycles. The Balaban J connectivity index is 4.84. The summed E-state index contributed by atoms with van der Waals surface area (Å²) in [6.45, 7) is 13.5. The second-order valence-electron chi connectivity index (χ2n) is 9.26. The average Bonchev–Trinajstić information content (AvgIpc) is 2.75. The zero-order valence-electron chi connectivity index (χ0n) is 21.5. The van der Waals surface area contributed by atoms with Crippen molar-refractivity contribution in [2.75, 3.05) is 58.4 Å². The quantitative estimate of drug-likeness (QED) is 0.0980. The fourth-order valence-corrected chi connectivity index (χ4v) is 4.78. The predicted molar refractivity (Wildman–Crippen MR) is 133 cm³/mol. The Kier molecular flexibility index (Phi) is 21.2. The second-order valence-corrected chi connectivity index (χ2v) is 10.8. The fourth-order valence-electron chi connectivity index (χ4n) is 4.22. The smallest absolute Gasteiger partial charge is 0.102 e. The molecule has 0 aromatic rings. The van der Waals surface area contributed by atoms with Crippen LogP contribution >= 0.6 is 0 Å². The molecule has 0 amide bonds. The standard InChI is InChI=1S/C25H53NO5S/c1-4-7-9-11-13-17-26(18-14-12-10-8-5-2,19-15-16-25-32(27,28)29)20-22-31-24-23-30-21-6-3/h4-25H2,1-3H3.